The van der Waals surface area contributed by atoms with E-state index in [-0.39, 0.29) is 31.3 Å². The molecule has 1 rings (SSSR count). The lowest BCUT2D eigenvalue weighted by Gasteiger charge is -2.16. The summed E-state index contributed by atoms with van der Waals surface area (Å²) in [6, 6.07) is -0.0536. The lowest BCUT2D eigenvalue weighted by Crippen LogP contribution is -2.32. The predicted octanol–water partition coefficient (Wildman–Crippen LogP) is 0.981. The van der Waals surface area contributed by atoms with Gasteiger partial charge < -0.3 is 10.6 Å². The van der Waals surface area contributed by atoms with E-state index >= 15 is 0 Å². The largest absolute Gasteiger partial charge is 0.336 e. The molecule has 1 saturated heterocycles. The lowest BCUT2D eigenvalue weighted by molar-refractivity contribution is -0.131. The normalized spacial score (nSPS) is 22.4. The summed E-state index contributed by atoms with van der Waals surface area (Å²) in [6.45, 7) is 1.54. The van der Waals surface area contributed by atoms with Gasteiger partial charge >= 0.3 is 0 Å². The molecule has 1 fully saturated rings. The van der Waals surface area contributed by atoms with Gasteiger partial charge in [-0.15, -0.1) is 0 Å². The number of carbonyl (C=O) groups is 1. The van der Waals surface area contributed by atoms with Crippen molar-refractivity contribution in [3.63, 3.8) is 0 Å². The molecule has 14 heavy (non-hydrogen) atoms. The van der Waals surface area contributed by atoms with E-state index in [9.17, 15) is 13.6 Å². The quantitative estimate of drug-likeness (QED) is 0.748. The fraction of sp³-hybridized carbons (Fsp3) is 0.889. The number of nitrogens with zero attached hydrogens (tertiary/aromatic N) is 1. The maximum atomic E-state index is 12.7. The van der Waals surface area contributed by atoms with Crippen molar-refractivity contribution in [2.24, 2.45) is 5.73 Å². The number of hydrogen-bond acceptors (Lipinski definition) is 2. The molecule has 1 unspecified atom stereocenters. The van der Waals surface area contributed by atoms with Crippen LogP contribution in [0.5, 0.6) is 0 Å². The number of hydrogen-bond donors (Lipinski definition) is 1. The first-order chi connectivity index (χ1) is 6.41. The van der Waals surface area contributed by atoms with Gasteiger partial charge in [0.25, 0.3) is 5.92 Å². The van der Waals surface area contributed by atoms with Crippen molar-refractivity contribution in [3.05, 3.63) is 0 Å². The molecule has 0 spiro atoms. The van der Waals surface area contributed by atoms with Crippen LogP contribution < -0.4 is 5.73 Å². The molecule has 0 saturated carbocycles. The molecule has 2 N–H and O–H groups in total. The number of amides is 1. The minimum Gasteiger partial charge on any atom is -0.336 e. The second-order valence-corrected chi connectivity index (χ2v) is 3.94. The Bertz CT molecular complexity index is 219. The molecule has 1 heterocycles. The van der Waals surface area contributed by atoms with Crippen LogP contribution in [0.4, 0.5) is 8.78 Å². The van der Waals surface area contributed by atoms with Crippen LogP contribution in [0.15, 0.2) is 0 Å². The number of likely N-dealkylation sites (tertiary alicyclic amines) is 1. The molecule has 0 aromatic rings. The molecule has 0 aromatic heterocycles. The Morgan fingerprint density at radius 1 is 1.64 bits per heavy atom. The molecule has 82 valence electrons. The predicted molar refractivity (Wildman–Crippen MR) is 49.0 cm³/mol. The summed E-state index contributed by atoms with van der Waals surface area (Å²) in [5.41, 5.74) is 5.47. The zero-order chi connectivity index (χ0) is 10.8. The fourth-order valence-corrected chi connectivity index (χ4v) is 1.46. The first-order valence-electron chi connectivity index (χ1n) is 4.82. The van der Waals surface area contributed by atoms with Gasteiger partial charge in [0.05, 0.1) is 6.54 Å². The summed E-state index contributed by atoms with van der Waals surface area (Å²) in [6.07, 6.45) is 0.617. The highest BCUT2D eigenvalue weighted by Crippen LogP contribution is 2.27. The van der Waals surface area contributed by atoms with Crippen LogP contribution >= 0.6 is 0 Å². The summed E-state index contributed by atoms with van der Waals surface area (Å²) < 4.78 is 25.5. The Balaban J connectivity index is 2.33. The first-order valence-corrected chi connectivity index (χ1v) is 4.82. The van der Waals surface area contributed by atoms with E-state index < -0.39 is 12.5 Å². The van der Waals surface area contributed by atoms with E-state index in [0.29, 0.717) is 6.42 Å². The Morgan fingerprint density at radius 3 is 2.71 bits per heavy atom. The Labute approximate surface area is 82.2 Å². The van der Waals surface area contributed by atoms with Gasteiger partial charge in [0.15, 0.2) is 0 Å². The monoisotopic (exact) mass is 206 g/mol. The molecule has 1 aliphatic rings. The van der Waals surface area contributed by atoms with Gasteiger partial charge in [0.2, 0.25) is 5.91 Å². The molecule has 0 aromatic carbocycles. The van der Waals surface area contributed by atoms with Gasteiger partial charge in [0.1, 0.15) is 0 Å². The van der Waals surface area contributed by atoms with E-state index in [2.05, 4.69) is 0 Å². The van der Waals surface area contributed by atoms with Crippen LogP contribution in [0.2, 0.25) is 0 Å². The van der Waals surface area contributed by atoms with Crippen LogP contribution in [0.25, 0.3) is 0 Å². The zero-order valence-corrected chi connectivity index (χ0v) is 8.30. The highest BCUT2D eigenvalue weighted by Gasteiger charge is 2.39. The highest BCUT2D eigenvalue weighted by atomic mass is 19.3. The molecule has 0 radical (unpaired) electrons. The van der Waals surface area contributed by atoms with Crippen molar-refractivity contribution in [3.8, 4) is 0 Å². The van der Waals surface area contributed by atoms with Crippen LogP contribution in [0.1, 0.15) is 26.2 Å². The van der Waals surface area contributed by atoms with Crippen molar-refractivity contribution in [2.75, 3.05) is 13.1 Å². The maximum absolute atomic E-state index is 12.7. The molecule has 1 atom stereocenters. The minimum atomic E-state index is -2.69. The van der Waals surface area contributed by atoms with Crippen molar-refractivity contribution < 1.29 is 13.6 Å². The number of rotatable bonds is 3. The summed E-state index contributed by atoms with van der Waals surface area (Å²) in [7, 11) is 0. The second kappa shape index (κ2) is 4.21. The van der Waals surface area contributed by atoms with Crippen molar-refractivity contribution >= 4 is 5.91 Å². The van der Waals surface area contributed by atoms with Gasteiger partial charge in [-0.2, -0.15) is 0 Å². The van der Waals surface area contributed by atoms with Gasteiger partial charge in [-0.05, 0) is 13.3 Å². The van der Waals surface area contributed by atoms with E-state index in [1.165, 1.54) is 4.90 Å². The Morgan fingerprint density at radius 2 is 2.29 bits per heavy atom. The first kappa shape index (κ1) is 11.4. The smallest absolute Gasteiger partial charge is 0.267 e. The SMILES string of the molecule is CC(N)CCC(=O)N1CCC(F)(F)C1. The Kier molecular flexibility index (Phi) is 3.42. The van der Waals surface area contributed by atoms with E-state index in [4.69, 9.17) is 5.73 Å². The topological polar surface area (TPSA) is 46.3 Å². The minimum absolute atomic E-state index is 0.0536. The van der Waals surface area contributed by atoms with E-state index in [1.54, 1.807) is 6.92 Å². The molecular formula is C9H16F2N2O. The summed E-state index contributed by atoms with van der Waals surface area (Å²) >= 11 is 0. The number of alkyl halides is 2. The average Bonchev–Trinajstić information content (AvgIpc) is 2.41. The summed E-state index contributed by atoms with van der Waals surface area (Å²) in [5, 5.41) is 0. The zero-order valence-electron chi connectivity index (χ0n) is 8.30. The second-order valence-electron chi connectivity index (χ2n) is 3.94. The molecule has 1 aliphatic heterocycles. The third kappa shape index (κ3) is 3.21. The van der Waals surface area contributed by atoms with Gasteiger partial charge in [-0.1, -0.05) is 0 Å². The van der Waals surface area contributed by atoms with Crippen LogP contribution in [0.3, 0.4) is 0 Å². The van der Waals surface area contributed by atoms with Gasteiger partial charge in [-0.3, -0.25) is 4.79 Å². The van der Waals surface area contributed by atoms with Crippen molar-refractivity contribution in [1.29, 1.82) is 0 Å². The molecular weight excluding hydrogens is 190 g/mol. The molecule has 3 nitrogen and oxygen atoms in total. The lowest BCUT2D eigenvalue weighted by atomic mass is 10.2. The van der Waals surface area contributed by atoms with Crippen LogP contribution in [-0.4, -0.2) is 35.9 Å². The van der Waals surface area contributed by atoms with Gasteiger partial charge in [0, 0.05) is 25.4 Å². The highest BCUT2D eigenvalue weighted by molar-refractivity contribution is 5.76. The summed E-state index contributed by atoms with van der Waals surface area (Å²) in [4.78, 5) is 12.6. The van der Waals surface area contributed by atoms with E-state index in [1.807, 2.05) is 0 Å². The third-order valence-electron chi connectivity index (χ3n) is 2.34. The van der Waals surface area contributed by atoms with Crippen molar-refractivity contribution in [1.82, 2.24) is 4.90 Å². The molecule has 1 amide bonds. The number of nitrogens with two attached hydrogens (primary N) is 1. The third-order valence-corrected chi connectivity index (χ3v) is 2.34. The summed E-state index contributed by atoms with van der Waals surface area (Å²) in [5.74, 6) is -2.90. The molecule has 5 heteroatoms. The van der Waals surface area contributed by atoms with Crippen LogP contribution in [0, 0.1) is 0 Å². The van der Waals surface area contributed by atoms with E-state index in [0.717, 1.165) is 0 Å². The molecule has 0 bridgehead atoms. The maximum Gasteiger partial charge on any atom is 0.267 e. The molecule has 0 aliphatic carbocycles. The standard InChI is InChI=1S/C9H16F2N2O/c1-7(12)2-3-8(14)13-5-4-9(10,11)6-13/h7H,2-6,12H2,1H3. The Hall–Kier alpha value is -0.710. The number of halogens is 2. The van der Waals surface area contributed by atoms with Gasteiger partial charge in [-0.25, -0.2) is 8.78 Å². The average molecular weight is 206 g/mol. The van der Waals surface area contributed by atoms with Crippen LogP contribution in [-0.2, 0) is 4.79 Å². The number of carbonyl (C=O) groups excluding carboxylic acids is 1. The fourth-order valence-electron chi connectivity index (χ4n) is 1.46. The van der Waals surface area contributed by atoms with Crippen molar-refractivity contribution in [2.45, 2.75) is 38.2 Å².